The molecule has 0 radical (unpaired) electrons. The maximum absolute atomic E-state index is 12.4. The first kappa shape index (κ1) is 16.0. The monoisotopic (exact) mass is 295 g/mol. The van der Waals surface area contributed by atoms with E-state index in [0.717, 1.165) is 19.3 Å². The molecule has 2 aliphatic heterocycles. The fourth-order valence-corrected chi connectivity index (χ4v) is 3.16. The lowest BCUT2D eigenvalue weighted by Crippen LogP contribution is -2.45. The molecule has 1 amide bonds. The third kappa shape index (κ3) is 3.64. The van der Waals surface area contributed by atoms with Gasteiger partial charge in [0.1, 0.15) is 5.92 Å². The van der Waals surface area contributed by atoms with Gasteiger partial charge in [-0.25, -0.2) is 0 Å². The Balaban J connectivity index is 1.88. The first-order chi connectivity index (χ1) is 9.90. The summed E-state index contributed by atoms with van der Waals surface area (Å²) in [5, 5.41) is 12.2. The summed E-state index contributed by atoms with van der Waals surface area (Å²) in [5.41, 5.74) is 0. The van der Waals surface area contributed by atoms with Crippen LogP contribution in [-0.2, 0) is 14.3 Å². The molecule has 1 saturated heterocycles. The van der Waals surface area contributed by atoms with Crippen LogP contribution >= 0.6 is 0 Å². The summed E-state index contributed by atoms with van der Waals surface area (Å²) in [6.45, 7) is 6.33. The topological polar surface area (TPSA) is 75.6 Å². The summed E-state index contributed by atoms with van der Waals surface area (Å²) in [6, 6.07) is 0.0637. The van der Waals surface area contributed by atoms with Gasteiger partial charge in [-0.2, -0.15) is 0 Å². The van der Waals surface area contributed by atoms with Crippen molar-refractivity contribution in [2.75, 3.05) is 0 Å². The Labute approximate surface area is 125 Å². The maximum atomic E-state index is 12.4. The van der Waals surface area contributed by atoms with Gasteiger partial charge < -0.3 is 15.2 Å². The summed E-state index contributed by atoms with van der Waals surface area (Å²) < 4.78 is 5.52. The average Bonchev–Trinajstić information content (AvgIpc) is 2.97. The highest BCUT2D eigenvalue weighted by Gasteiger charge is 2.53. The van der Waals surface area contributed by atoms with Crippen LogP contribution in [0.5, 0.6) is 0 Å². The normalized spacial score (nSPS) is 31.6. The minimum atomic E-state index is -0.959. The van der Waals surface area contributed by atoms with E-state index in [0.29, 0.717) is 5.92 Å². The number of carbonyl (C=O) groups is 2. The van der Waals surface area contributed by atoms with Crippen LogP contribution in [0, 0.1) is 17.8 Å². The maximum Gasteiger partial charge on any atom is 0.310 e. The van der Waals surface area contributed by atoms with Crippen molar-refractivity contribution in [3.05, 3.63) is 12.2 Å². The molecule has 0 aromatic carbocycles. The van der Waals surface area contributed by atoms with Crippen LogP contribution in [0.1, 0.15) is 40.0 Å². The fourth-order valence-electron chi connectivity index (χ4n) is 3.16. The largest absolute Gasteiger partial charge is 0.481 e. The standard InChI is InChI=1S/C16H25NO4/c1-9(2)5-4-6-10(3)17-15(18)13-11-7-8-12(21-11)14(13)16(19)20/h7-14H,4-6H2,1-3H3,(H,17,18)(H,19,20)/t10-,11+,12-,13-,14+/m1/s1. The van der Waals surface area contributed by atoms with Crippen LogP contribution in [0.4, 0.5) is 0 Å². The molecule has 0 spiro atoms. The molecular weight excluding hydrogens is 270 g/mol. The number of carboxylic acid groups (broad SMARTS) is 1. The van der Waals surface area contributed by atoms with Crippen molar-refractivity contribution < 1.29 is 19.4 Å². The molecule has 1 fully saturated rings. The van der Waals surface area contributed by atoms with E-state index in [4.69, 9.17) is 4.74 Å². The van der Waals surface area contributed by atoms with Crippen molar-refractivity contribution >= 4 is 11.9 Å². The Morgan fingerprint density at radius 3 is 2.33 bits per heavy atom. The lowest BCUT2D eigenvalue weighted by atomic mass is 9.82. The number of hydrogen-bond donors (Lipinski definition) is 2. The lowest BCUT2D eigenvalue weighted by molar-refractivity contribution is -0.146. The third-order valence-electron chi connectivity index (χ3n) is 4.29. The van der Waals surface area contributed by atoms with Gasteiger partial charge >= 0.3 is 5.97 Å². The van der Waals surface area contributed by atoms with E-state index in [1.165, 1.54) is 0 Å². The van der Waals surface area contributed by atoms with Gasteiger partial charge in [0.15, 0.2) is 0 Å². The molecular formula is C16H25NO4. The second-order valence-corrected chi connectivity index (χ2v) is 6.57. The zero-order valence-corrected chi connectivity index (χ0v) is 12.9. The van der Waals surface area contributed by atoms with Gasteiger partial charge in [0.2, 0.25) is 5.91 Å². The van der Waals surface area contributed by atoms with Gasteiger partial charge in [0.25, 0.3) is 0 Å². The zero-order valence-electron chi connectivity index (χ0n) is 12.9. The second-order valence-electron chi connectivity index (χ2n) is 6.57. The van der Waals surface area contributed by atoms with E-state index >= 15 is 0 Å². The van der Waals surface area contributed by atoms with Gasteiger partial charge in [-0.3, -0.25) is 9.59 Å². The number of ether oxygens (including phenoxy) is 1. The number of nitrogens with one attached hydrogen (secondary N) is 1. The Morgan fingerprint density at radius 2 is 1.76 bits per heavy atom. The molecule has 0 aromatic heterocycles. The van der Waals surface area contributed by atoms with E-state index in [1.54, 1.807) is 12.2 Å². The lowest BCUT2D eigenvalue weighted by Gasteiger charge is -2.23. The predicted molar refractivity (Wildman–Crippen MR) is 78.7 cm³/mol. The molecule has 2 N–H and O–H groups in total. The van der Waals surface area contributed by atoms with Crippen molar-refractivity contribution in [2.24, 2.45) is 17.8 Å². The predicted octanol–water partition coefficient (Wildman–Crippen LogP) is 1.97. The quantitative estimate of drug-likeness (QED) is 0.704. The average molecular weight is 295 g/mol. The summed E-state index contributed by atoms with van der Waals surface area (Å²) in [5.74, 6) is -1.86. The van der Waals surface area contributed by atoms with Crippen molar-refractivity contribution in [3.63, 3.8) is 0 Å². The van der Waals surface area contributed by atoms with E-state index < -0.39 is 23.9 Å². The first-order valence-corrected chi connectivity index (χ1v) is 7.77. The van der Waals surface area contributed by atoms with Gasteiger partial charge in [-0.15, -0.1) is 0 Å². The molecule has 0 unspecified atom stereocenters. The molecule has 5 heteroatoms. The number of rotatable bonds is 7. The molecule has 21 heavy (non-hydrogen) atoms. The number of amides is 1. The summed E-state index contributed by atoms with van der Waals surface area (Å²) in [4.78, 5) is 23.7. The van der Waals surface area contributed by atoms with Gasteiger partial charge in [-0.1, -0.05) is 38.8 Å². The molecule has 0 aromatic rings. The number of carbonyl (C=O) groups excluding carboxylic acids is 1. The number of fused-ring (bicyclic) bond motifs is 2. The Hall–Kier alpha value is -1.36. The minimum absolute atomic E-state index is 0.0637. The molecule has 2 rings (SSSR count). The molecule has 2 heterocycles. The minimum Gasteiger partial charge on any atom is -0.481 e. The fraction of sp³-hybridized carbons (Fsp3) is 0.750. The van der Waals surface area contributed by atoms with Gasteiger partial charge in [0, 0.05) is 6.04 Å². The summed E-state index contributed by atoms with van der Waals surface area (Å²) >= 11 is 0. The van der Waals surface area contributed by atoms with Crippen molar-refractivity contribution in [1.82, 2.24) is 5.32 Å². The molecule has 5 atom stereocenters. The number of carboxylic acids is 1. The molecule has 5 nitrogen and oxygen atoms in total. The Morgan fingerprint density at radius 1 is 1.14 bits per heavy atom. The molecule has 2 bridgehead atoms. The highest BCUT2D eigenvalue weighted by molar-refractivity contribution is 5.87. The van der Waals surface area contributed by atoms with Crippen molar-refractivity contribution in [2.45, 2.75) is 58.3 Å². The highest BCUT2D eigenvalue weighted by atomic mass is 16.5. The Kier molecular flexibility index (Phi) is 5.04. The Bertz CT molecular complexity index is 432. The van der Waals surface area contributed by atoms with Crippen LogP contribution in [0.25, 0.3) is 0 Å². The number of hydrogen-bond acceptors (Lipinski definition) is 3. The van der Waals surface area contributed by atoms with Gasteiger partial charge in [0.05, 0.1) is 18.1 Å². The van der Waals surface area contributed by atoms with Crippen LogP contribution in [0.2, 0.25) is 0 Å². The second kappa shape index (κ2) is 6.60. The highest BCUT2D eigenvalue weighted by Crippen LogP contribution is 2.39. The smallest absolute Gasteiger partial charge is 0.310 e. The number of aliphatic carboxylic acids is 1. The van der Waals surface area contributed by atoms with Crippen molar-refractivity contribution in [1.29, 1.82) is 0 Å². The van der Waals surface area contributed by atoms with Crippen molar-refractivity contribution in [3.8, 4) is 0 Å². The SMILES string of the molecule is CC(C)CCC[C@@H](C)NC(=O)[C@H]1[C@@H](C(=O)O)[C@H]2C=C[C@@H]1O2. The van der Waals surface area contributed by atoms with Crippen LogP contribution in [-0.4, -0.2) is 35.2 Å². The van der Waals surface area contributed by atoms with Crippen LogP contribution in [0.15, 0.2) is 12.2 Å². The summed E-state index contributed by atoms with van der Waals surface area (Å²) in [7, 11) is 0. The van der Waals surface area contributed by atoms with E-state index in [2.05, 4.69) is 19.2 Å². The van der Waals surface area contributed by atoms with Gasteiger partial charge in [-0.05, 0) is 19.3 Å². The van der Waals surface area contributed by atoms with Crippen LogP contribution in [0.3, 0.4) is 0 Å². The molecule has 0 saturated carbocycles. The first-order valence-electron chi connectivity index (χ1n) is 7.77. The molecule has 118 valence electrons. The molecule has 0 aliphatic carbocycles. The van der Waals surface area contributed by atoms with E-state index in [1.807, 2.05) is 6.92 Å². The van der Waals surface area contributed by atoms with E-state index in [9.17, 15) is 14.7 Å². The third-order valence-corrected chi connectivity index (χ3v) is 4.29. The van der Waals surface area contributed by atoms with Crippen LogP contribution < -0.4 is 5.32 Å². The zero-order chi connectivity index (χ0) is 15.6. The molecule has 2 aliphatic rings. The van der Waals surface area contributed by atoms with E-state index in [-0.39, 0.29) is 18.1 Å². The summed E-state index contributed by atoms with van der Waals surface area (Å²) in [6.07, 6.45) is 5.82.